The molecule has 1 aromatic rings. The van der Waals surface area contributed by atoms with Crippen LogP contribution in [0.4, 0.5) is 0 Å². The lowest BCUT2D eigenvalue weighted by Crippen LogP contribution is -2.77. The van der Waals surface area contributed by atoms with Gasteiger partial charge in [-0.1, -0.05) is 6.92 Å². The van der Waals surface area contributed by atoms with Gasteiger partial charge in [0.2, 0.25) is 0 Å². The van der Waals surface area contributed by atoms with E-state index in [0.717, 1.165) is 25.9 Å². The van der Waals surface area contributed by atoms with E-state index in [0.29, 0.717) is 37.4 Å². The SMILES string of the molecule is CCO[C@]12C[C@H](OC)[C@@]3(O)C[C@H]([C@@H]1[C@H]3OC(=O)c1ccc(OC)cc1)[C@@]13C4[C@@H]2[C@H](OC)[C@@H]1[C@@](COC)(CC[C@@H]3OC)CN4CC. The maximum absolute atomic E-state index is 13.9. The quantitative estimate of drug-likeness (QED) is 0.367. The Labute approximate surface area is 266 Å². The van der Waals surface area contributed by atoms with Gasteiger partial charge in [0, 0.05) is 82.6 Å². The molecule has 10 nitrogen and oxygen atoms in total. The highest BCUT2D eigenvalue weighted by Gasteiger charge is 2.89. The van der Waals surface area contributed by atoms with Crippen LogP contribution in [0.3, 0.4) is 0 Å². The van der Waals surface area contributed by atoms with E-state index in [2.05, 4.69) is 11.8 Å². The molecule has 45 heavy (non-hydrogen) atoms. The van der Waals surface area contributed by atoms with Crippen molar-refractivity contribution < 1.29 is 43.1 Å². The number of hydrogen-bond donors (Lipinski definition) is 1. The standard InChI is InChI=1S/C35H51NO9/c1-8-36-18-32(19-39-3)15-14-23(41-5)35-22-16-33(38)24(42-6)17-34(44-9-2,26(29(35)36)27(43-7)28(32)35)25(22)30(33)45-31(37)20-10-12-21(40-4)13-11-20/h10-13,22-30,38H,8-9,14-19H2,1-7H3/t22-,23+,24+,25-,26+,27+,28-,29?,30-,32+,33+,34-,35+/m1/s1. The zero-order chi connectivity index (χ0) is 31.9. The van der Waals surface area contributed by atoms with Crippen molar-refractivity contribution in [2.45, 2.75) is 81.2 Å². The second-order valence-corrected chi connectivity index (χ2v) is 14.5. The number of hydrogen-bond acceptors (Lipinski definition) is 10. The molecule has 1 heterocycles. The van der Waals surface area contributed by atoms with Gasteiger partial charge < -0.3 is 38.3 Å². The lowest BCUT2D eigenvalue weighted by atomic mass is 9.43. The van der Waals surface area contributed by atoms with Gasteiger partial charge >= 0.3 is 5.97 Å². The average Bonchev–Trinajstić information content (AvgIpc) is 3.42. The number of carbonyl (C=O) groups excluding carboxylic acids is 1. The number of carbonyl (C=O) groups is 1. The van der Waals surface area contributed by atoms with Crippen molar-refractivity contribution in [1.82, 2.24) is 4.90 Å². The van der Waals surface area contributed by atoms with Crippen molar-refractivity contribution in [2.75, 3.05) is 61.9 Å². The Morgan fingerprint density at radius 2 is 1.71 bits per heavy atom. The number of likely N-dealkylation sites (tertiary alicyclic amines) is 1. The van der Waals surface area contributed by atoms with Crippen LogP contribution in [0.2, 0.25) is 0 Å². The van der Waals surface area contributed by atoms with Crippen LogP contribution in [0, 0.1) is 34.5 Å². The maximum Gasteiger partial charge on any atom is 0.338 e. The molecule has 0 radical (unpaired) electrons. The van der Waals surface area contributed by atoms with E-state index in [1.165, 1.54) is 0 Å². The Balaban J connectivity index is 1.44. The number of aliphatic hydroxyl groups is 1. The van der Waals surface area contributed by atoms with Crippen LogP contribution < -0.4 is 4.74 Å². The summed E-state index contributed by atoms with van der Waals surface area (Å²) in [6, 6.07) is 7.02. The number of ether oxygens (including phenoxy) is 7. The van der Waals surface area contributed by atoms with E-state index in [1.54, 1.807) is 45.6 Å². The van der Waals surface area contributed by atoms with Gasteiger partial charge in [0.25, 0.3) is 0 Å². The first-order chi connectivity index (χ1) is 21.7. The molecule has 0 amide bonds. The van der Waals surface area contributed by atoms with Gasteiger partial charge in [0.1, 0.15) is 17.5 Å². The lowest BCUT2D eigenvalue weighted by molar-refractivity contribution is -0.293. The van der Waals surface area contributed by atoms with E-state index in [1.807, 2.05) is 21.1 Å². The van der Waals surface area contributed by atoms with Crippen LogP contribution in [0.5, 0.6) is 5.75 Å². The minimum absolute atomic E-state index is 0.0504. The van der Waals surface area contributed by atoms with Crippen molar-refractivity contribution in [2.24, 2.45) is 34.5 Å². The van der Waals surface area contributed by atoms with E-state index < -0.39 is 29.4 Å². The Hall–Kier alpha value is -1.79. The monoisotopic (exact) mass is 629 g/mol. The second kappa shape index (κ2) is 11.1. The molecule has 5 aliphatic carbocycles. The zero-order valence-electron chi connectivity index (χ0n) is 27.8. The number of nitrogens with zero attached hydrogens (tertiary/aromatic N) is 1. The Morgan fingerprint density at radius 1 is 0.978 bits per heavy atom. The summed E-state index contributed by atoms with van der Waals surface area (Å²) in [6.07, 6.45) is 1.21. The molecule has 1 spiro atoms. The molecular formula is C35H51NO9. The fourth-order valence-corrected chi connectivity index (χ4v) is 12.5. The summed E-state index contributed by atoms with van der Waals surface area (Å²) in [5.74, 6) is -0.0780. The van der Waals surface area contributed by atoms with Crippen LogP contribution in [-0.2, 0) is 28.4 Å². The molecule has 1 aromatic carbocycles. The first kappa shape index (κ1) is 31.8. The molecule has 5 saturated carbocycles. The molecule has 7 rings (SSSR count). The molecular weight excluding hydrogens is 578 g/mol. The highest BCUT2D eigenvalue weighted by Crippen LogP contribution is 2.80. The topological polar surface area (TPSA) is 105 Å². The summed E-state index contributed by atoms with van der Waals surface area (Å²) >= 11 is 0. The van der Waals surface area contributed by atoms with Gasteiger partial charge in [0.15, 0.2) is 0 Å². The number of piperidine rings is 1. The molecule has 7 bridgehead atoms. The van der Waals surface area contributed by atoms with Crippen LogP contribution in [0.25, 0.3) is 0 Å². The predicted molar refractivity (Wildman–Crippen MR) is 164 cm³/mol. The molecule has 6 aliphatic rings. The van der Waals surface area contributed by atoms with Crippen molar-refractivity contribution in [3.05, 3.63) is 29.8 Å². The molecule has 1 N–H and O–H groups in total. The minimum Gasteiger partial charge on any atom is -0.497 e. The molecule has 1 saturated heterocycles. The molecule has 0 aromatic heterocycles. The van der Waals surface area contributed by atoms with Gasteiger partial charge in [-0.2, -0.15) is 0 Å². The van der Waals surface area contributed by atoms with E-state index in [9.17, 15) is 9.90 Å². The van der Waals surface area contributed by atoms with Gasteiger partial charge in [-0.25, -0.2) is 4.79 Å². The molecule has 1 aliphatic heterocycles. The molecule has 10 heteroatoms. The highest BCUT2D eigenvalue weighted by atomic mass is 16.6. The normalized spacial score (nSPS) is 47.5. The summed E-state index contributed by atoms with van der Waals surface area (Å²) in [6.45, 7) is 7.19. The van der Waals surface area contributed by atoms with Gasteiger partial charge in [-0.3, -0.25) is 4.90 Å². The van der Waals surface area contributed by atoms with E-state index in [-0.39, 0.29) is 52.8 Å². The fourth-order valence-electron chi connectivity index (χ4n) is 12.5. The smallest absolute Gasteiger partial charge is 0.338 e. The van der Waals surface area contributed by atoms with Crippen molar-refractivity contribution in [1.29, 1.82) is 0 Å². The summed E-state index contributed by atoms with van der Waals surface area (Å²) in [7, 11) is 8.72. The molecule has 250 valence electrons. The number of methoxy groups -OCH3 is 5. The summed E-state index contributed by atoms with van der Waals surface area (Å²) < 4.78 is 44.3. The molecule has 13 atom stereocenters. The van der Waals surface area contributed by atoms with Crippen molar-refractivity contribution >= 4 is 5.97 Å². The zero-order valence-corrected chi connectivity index (χ0v) is 27.8. The van der Waals surface area contributed by atoms with Gasteiger partial charge in [-0.05, 0) is 62.9 Å². The average molecular weight is 630 g/mol. The first-order valence-electron chi connectivity index (χ1n) is 16.7. The van der Waals surface area contributed by atoms with Crippen LogP contribution in [0.15, 0.2) is 24.3 Å². The lowest BCUT2D eigenvalue weighted by Gasteiger charge is -2.69. The van der Waals surface area contributed by atoms with Gasteiger partial charge in [0.05, 0.1) is 43.2 Å². The Kier molecular flexibility index (Phi) is 7.87. The highest BCUT2D eigenvalue weighted by molar-refractivity contribution is 5.89. The minimum atomic E-state index is -1.39. The van der Waals surface area contributed by atoms with Crippen LogP contribution in [-0.4, -0.2) is 119 Å². The summed E-state index contributed by atoms with van der Waals surface area (Å²) in [5.41, 5.74) is -2.25. The Bertz CT molecular complexity index is 1280. The number of esters is 1. The second-order valence-electron chi connectivity index (χ2n) is 14.5. The third-order valence-corrected chi connectivity index (χ3v) is 13.4. The summed E-state index contributed by atoms with van der Waals surface area (Å²) in [5, 5.41) is 12.8. The first-order valence-corrected chi connectivity index (χ1v) is 16.7. The maximum atomic E-state index is 13.9. The van der Waals surface area contributed by atoms with E-state index in [4.69, 9.17) is 33.2 Å². The molecule has 1 unspecified atom stereocenters. The number of benzene rings is 1. The summed E-state index contributed by atoms with van der Waals surface area (Å²) in [4.78, 5) is 16.5. The predicted octanol–water partition coefficient (Wildman–Crippen LogP) is 3.19. The Morgan fingerprint density at radius 3 is 2.31 bits per heavy atom. The number of fused-ring (bicyclic) bond motifs is 2. The number of rotatable bonds is 11. The third kappa shape index (κ3) is 3.85. The third-order valence-electron chi connectivity index (χ3n) is 13.4. The van der Waals surface area contributed by atoms with Crippen molar-refractivity contribution in [3.63, 3.8) is 0 Å². The van der Waals surface area contributed by atoms with E-state index >= 15 is 0 Å². The van der Waals surface area contributed by atoms with Crippen molar-refractivity contribution in [3.8, 4) is 5.75 Å². The van der Waals surface area contributed by atoms with Gasteiger partial charge in [-0.15, -0.1) is 0 Å². The van der Waals surface area contributed by atoms with Crippen LogP contribution >= 0.6 is 0 Å². The largest absolute Gasteiger partial charge is 0.497 e. The molecule has 6 fully saturated rings. The van der Waals surface area contributed by atoms with Crippen LogP contribution in [0.1, 0.15) is 49.9 Å². The fraction of sp³-hybridized carbons (Fsp3) is 0.800.